The van der Waals surface area contributed by atoms with Crippen LogP contribution in [0.1, 0.15) is 70.7 Å². The first-order valence-corrected chi connectivity index (χ1v) is 29.8. The fourth-order valence-corrected chi connectivity index (χ4v) is 9.74. The average molecular weight is 1210 g/mol. The van der Waals surface area contributed by atoms with Crippen molar-refractivity contribution >= 4 is 104 Å². The van der Waals surface area contributed by atoms with Crippen molar-refractivity contribution in [2.75, 3.05) is 73.9 Å². The van der Waals surface area contributed by atoms with Gasteiger partial charge >= 0.3 is 24.4 Å². The Morgan fingerprint density at radius 3 is 0.833 bits per heavy atom. The number of ether oxygens (including phenoxy) is 4. The number of nitrogens with zero attached hydrogens (tertiary/aromatic N) is 10. The second kappa shape index (κ2) is 30.9. The fraction of sp³-hybridized carbons (Fsp3) is 0.265. The van der Waals surface area contributed by atoms with Gasteiger partial charge in [0, 0.05) is 83.6 Å². The molecule has 0 aliphatic heterocycles. The standard InChI is InChI=1S/C68H70N14O8/c1-45-9-23-53-27-31-57(73-61(53)69-45)77-65(83)87-39-5-35-81(36-6-40-88-66(84)78-58-32-28-54-24-10-46(2)70-62(54)74-58)43-51-19-15-49(16-20-51)13-14-50-17-21-52(22-18-50)44-82(37-7-41-89-67(85)79-59-33-29-55-25-11-47(3)71-63(55)75-59)38-8-42-90-68(86)80-60-34-30-56-26-12-48(4)72-64(56)76-60/h9-34H,5-8,35-44H2,1-4H3,(H,69,73,77,83)(H,70,74,78,84)(H,71,75,79,85)(H,72,76,80,86)/b14-13+. The third-order valence-corrected chi connectivity index (χ3v) is 14.3. The first-order valence-electron chi connectivity index (χ1n) is 29.8. The molecule has 460 valence electrons. The normalized spacial score (nSPS) is 11.4. The van der Waals surface area contributed by atoms with Gasteiger partial charge in [-0.15, -0.1) is 0 Å². The van der Waals surface area contributed by atoms with Crippen LogP contribution >= 0.6 is 0 Å². The van der Waals surface area contributed by atoms with E-state index in [4.69, 9.17) is 18.9 Å². The summed E-state index contributed by atoms with van der Waals surface area (Å²) in [6.07, 6.45) is 3.92. The third kappa shape index (κ3) is 19.0. The molecule has 0 atom stereocenters. The minimum Gasteiger partial charge on any atom is -0.449 e. The van der Waals surface area contributed by atoms with Crippen LogP contribution in [0, 0.1) is 27.7 Å². The Bertz CT molecular complexity index is 3690. The van der Waals surface area contributed by atoms with E-state index in [1.165, 1.54) is 0 Å². The number of hydrogen-bond acceptors (Lipinski definition) is 18. The van der Waals surface area contributed by atoms with Crippen LogP contribution < -0.4 is 21.3 Å². The molecule has 0 saturated heterocycles. The number of pyridine rings is 8. The quantitative estimate of drug-likeness (QED) is 0.0223. The lowest BCUT2D eigenvalue weighted by Gasteiger charge is -2.22. The highest BCUT2D eigenvalue weighted by Gasteiger charge is 2.15. The van der Waals surface area contributed by atoms with Crippen LogP contribution in [0.2, 0.25) is 0 Å². The SMILES string of the molecule is Cc1ccc2ccc(NC(=O)OCCCN(CCCOC(=O)Nc3ccc4ccc(C)nc4n3)Cc3ccc(/C=C/c4ccc(CN(CCCOC(=O)Nc5ccc6ccc(C)nc6n5)CCCOC(=O)Nc5ccc6ccc(C)nc6n5)cc4)cc3)nc2n1. The van der Waals surface area contributed by atoms with Crippen molar-refractivity contribution in [3.63, 3.8) is 0 Å². The molecule has 0 aliphatic carbocycles. The monoisotopic (exact) mass is 1210 g/mol. The molecule has 0 radical (unpaired) electrons. The Hall–Kier alpha value is -10.6. The summed E-state index contributed by atoms with van der Waals surface area (Å²) in [6.45, 7) is 11.9. The highest BCUT2D eigenvalue weighted by Crippen LogP contribution is 2.20. The molecule has 90 heavy (non-hydrogen) atoms. The summed E-state index contributed by atoms with van der Waals surface area (Å²) in [5, 5.41) is 14.3. The second-order valence-corrected chi connectivity index (χ2v) is 21.6. The van der Waals surface area contributed by atoms with Crippen molar-refractivity contribution in [1.82, 2.24) is 49.7 Å². The van der Waals surface area contributed by atoms with Gasteiger partial charge in [-0.05, 0) is 173 Å². The predicted octanol–water partition coefficient (Wildman–Crippen LogP) is 13.0. The number of hydrogen-bond donors (Lipinski definition) is 4. The molecule has 0 aliphatic rings. The summed E-state index contributed by atoms with van der Waals surface area (Å²) in [5.41, 5.74) is 9.65. The van der Waals surface area contributed by atoms with Crippen molar-refractivity contribution in [3.05, 3.63) is 191 Å². The third-order valence-electron chi connectivity index (χ3n) is 14.3. The maximum atomic E-state index is 12.8. The summed E-state index contributed by atoms with van der Waals surface area (Å²) in [4.78, 5) is 91.3. The molecular weight excluding hydrogens is 1140 g/mol. The van der Waals surface area contributed by atoms with Crippen molar-refractivity contribution in [2.45, 2.75) is 66.5 Å². The smallest absolute Gasteiger partial charge is 0.412 e. The Kier molecular flexibility index (Phi) is 21.4. The zero-order chi connectivity index (χ0) is 62.6. The molecule has 0 bridgehead atoms. The van der Waals surface area contributed by atoms with E-state index in [0.29, 0.717) is 111 Å². The van der Waals surface area contributed by atoms with E-state index in [-0.39, 0.29) is 26.4 Å². The lowest BCUT2D eigenvalue weighted by molar-refractivity contribution is 0.140. The molecule has 22 heteroatoms. The van der Waals surface area contributed by atoms with Gasteiger partial charge in [-0.1, -0.05) is 60.7 Å². The summed E-state index contributed by atoms with van der Waals surface area (Å²) in [5.74, 6) is 1.41. The Labute approximate surface area is 520 Å². The van der Waals surface area contributed by atoms with E-state index in [1.807, 2.05) is 100 Å². The lowest BCUT2D eigenvalue weighted by atomic mass is 10.1. The van der Waals surface area contributed by atoms with Gasteiger partial charge in [0.15, 0.2) is 22.6 Å². The summed E-state index contributed by atoms with van der Waals surface area (Å²) < 4.78 is 22.2. The number of benzene rings is 2. The number of carbonyl (C=O) groups excluding carboxylic acids is 4. The number of amides is 4. The minimum absolute atomic E-state index is 0.173. The molecular formula is C68H70N14O8. The van der Waals surface area contributed by atoms with Crippen molar-refractivity contribution < 1.29 is 38.1 Å². The molecule has 8 aromatic heterocycles. The molecule has 2 aromatic carbocycles. The van der Waals surface area contributed by atoms with E-state index in [1.54, 1.807) is 24.3 Å². The Balaban J connectivity index is 0.712. The number of carbonyl (C=O) groups is 4. The summed E-state index contributed by atoms with van der Waals surface area (Å²) >= 11 is 0. The summed E-state index contributed by atoms with van der Waals surface area (Å²) in [7, 11) is 0. The van der Waals surface area contributed by atoms with E-state index < -0.39 is 24.4 Å². The van der Waals surface area contributed by atoms with Gasteiger partial charge in [-0.3, -0.25) is 31.1 Å². The largest absolute Gasteiger partial charge is 0.449 e. The van der Waals surface area contributed by atoms with Crippen LogP contribution in [-0.2, 0) is 32.0 Å². The van der Waals surface area contributed by atoms with E-state index in [9.17, 15) is 19.2 Å². The zero-order valence-corrected chi connectivity index (χ0v) is 50.6. The topological polar surface area (TPSA) is 263 Å². The molecule has 4 N–H and O–H groups in total. The van der Waals surface area contributed by atoms with Crippen molar-refractivity contribution in [1.29, 1.82) is 0 Å². The molecule has 0 saturated carbocycles. The van der Waals surface area contributed by atoms with E-state index in [2.05, 4.69) is 132 Å². The van der Waals surface area contributed by atoms with Gasteiger partial charge in [0.05, 0.1) is 26.4 Å². The first-order chi connectivity index (χ1) is 43.8. The molecule has 8 heterocycles. The Morgan fingerprint density at radius 1 is 0.333 bits per heavy atom. The highest BCUT2D eigenvalue weighted by molar-refractivity contribution is 5.89. The van der Waals surface area contributed by atoms with Crippen LogP contribution in [0.3, 0.4) is 0 Å². The molecule has 0 fully saturated rings. The van der Waals surface area contributed by atoms with Gasteiger partial charge in [0.2, 0.25) is 0 Å². The second-order valence-electron chi connectivity index (χ2n) is 21.6. The van der Waals surface area contributed by atoms with Gasteiger partial charge in [0.1, 0.15) is 23.3 Å². The molecule has 22 nitrogen and oxygen atoms in total. The van der Waals surface area contributed by atoms with Crippen LogP contribution in [0.4, 0.5) is 42.4 Å². The van der Waals surface area contributed by atoms with E-state index in [0.717, 1.165) is 66.6 Å². The first kappa shape index (κ1) is 62.5. The van der Waals surface area contributed by atoms with Gasteiger partial charge in [-0.2, -0.15) is 0 Å². The number of fused-ring (bicyclic) bond motifs is 4. The average Bonchev–Trinajstić information content (AvgIpc) is 1.77. The van der Waals surface area contributed by atoms with Crippen molar-refractivity contribution in [3.8, 4) is 0 Å². The van der Waals surface area contributed by atoms with Gasteiger partial charge in [-0.25, -0.2) is 59.0 Å². The zero-order valence-electron chi connectivity index (χ0n) is 50.6. The van der Waals surface area contributed by atoms with Crippen LogP contribution in [-0.4, -0.2) is 127 Å². The van der Waals surface area contributed by atoms with Crippen molar-refractivity contribution in [2.24, 2.45) is 0 Å². The number of anilines is 4. The van der Waals surface area contributed by atoms with Crippen LogP contribution in [0.5, 0.6) is 0 Å². The maximum absolute atomic E-state index is 12.8. The molecule has 10 rings (SSSR count). The molecule has 10 aromatic rings. The van der Waals surface area contributed by atoms with Gasteiger partial charge < -0.3 is 18.9 Å². The number of nitrogens with one attached hydrogen (secondary N) is 4. The van der Waals surface area contributed by atoms with E-state index >= 15 is 0 Å². The minimum atomic E-state index is -0.607. The Morgan fingerprint density at radius 2 is 0.578 bits per heavy atom. The number of aryl methyl sites for hydroxylation is 4. The molecule has 0 spiro atoms. The number of rotatable bonds is 26. The highest BCUT2D eigenvalue weighted by atomic mass is 16.6. The summed E-state index contributed by atoms with van der Waals surface area (Å²) in [6, 6.07) is 46.3. The van der Waals surface area contributed by atoms with Crippen LogP contribution in [0.15, 0.2) is 146 Å². The fourth-order valence-electron chi connectivity index (χ4n) is 9.74. The predicted molar refractivity (Wildman–Crippen MR) is 348 cm³/mol. The number of aromatic nitrogens is 8. The van der Waals surface area contributed by atoms with Crippen LogP contribution in [0.25, 0.3) is 56.3 Å². The lowest BCUT2D eigenvalue weighted by Crippen LogP contribution is -2.28. The van der Waals surface area contributed by atoms with Gasteiger partial charge in [0.25, 0.3) is 0 Å². The molecule has 0 unspecified atom stereocenters. The molecule has 4 amide bonds. The maximum Gasteiger partial charge on any atom is 0.412 e.